The van der Waals surface area contributed by atoms with Crippen LogP contribution < -0.4 is 0 Å². The first-order chi connectivity index (χ1) is 7.76. The van der Waals surface area contributed by atoms with Gasteiger partial charge in [0.05, 0.1) is 5.41 Å². The average molecular weight is 236 g/mol. The molecule has 0 bridgehead atoms. The first-order valence-electron chi connectivity index (χ1n) is 5.44. The van der Waals surface area contributed by atoms with Crippen LogP contribution in [0.2, 0.25) is 0 Å². The van der Waals surface area contributed by atoms with Crippen molar-refractivity contribution in [3.63, 3.8) is 0 Å². The van der Waals surface area contributed by atoms with Crippen LogP contribution in [0.3, 0.4) is 0 Å². The first kappa shape index (κ1) is 13.4. The Morgan fingerprint density at radius 2 is 1.88 bits per heavy atom. The van der Waals surface area contributed by atoms with Gasteiger partial charge in [-0.1, -0.05) is 17.7 Å². The number of aliphatic carboxylic acids is 1. The predicted molar refractivity (Wildman–Crippen MR) is 66.1 cm³/mol. The lowest BCUT2D eigenvalue weighted by atomic mass is 9.78. The van der Waals surface area contributed by atoms with E-state index in [4.69, 9.17) is 0 Å². The molecule has 1 aromatic carbocycles. The first-order valence-corrected chi connectivity index (χ1v) is 5.44. The Labute approximate surface area is 101 Å². The van der Waals surface area contributed by atoms with Gasteiger partial charge in [-0.3, -0.25) is 4.79 Å². The lowest BCUT2D eigenvalue weighted by Gasteiger charge is -2.25. The van der Waals surface area contributed by atoms with E-state index in [2.05, 4.69) is 0 Å². The van der Waals surface area contributed by atoms with E-state index in [1.165, 1.54) is 12.1 Å². The predicted octanol–water partition coefficient (Wildman–Crippen LogP) is 3.73. The Morgan fingerprint density at radius 1 is 1.29 bits per heavy atom. The minimum absolute atomic E-state index is 0.359. The largest absolute Gasteiger partial charge is 0.481 e. The van der Waals surface area contributed by atoms with Crippen molar-refractivity contribution < 1.29 is 14.3 Å². The van der Waals surface area contributed by atoms with Crippen molar-refractivity contribution in [2.75, 3.05) is 0 Å². The number of carboxylic acids is 1. The zero-order valence-corrected chi connectivity index (χ0v) is 10.5. The lowest BCUT2D eigenvalue weighted by molar-refractivity contribution is -0.143. The number of rotatable bonds is 3. The Kier molecular flexibility index (Phi) is 3.71. The summed E-state index contributed by atoms with van der Waals surface area (Å²) in [5.74, 6) is -1.28. The fraction of sp³-hybridized carbons (Fsp3) is 0.357. The third-order valence-electron chi connectivity index (χ3n) is 2.77. The molecule has 2 nitrogen and oxygen atoms in total. The number of hydrogen-bond acceptors (Lipinski definition) is 1. The van der Waals surface area contributed by atoms with Gasteiger partial charge in [0.25, 0.3) is 0 Å². The third-order valence-corrected chi connectivity index (χ3v) is 2.77. The molecule has 0 aliphatic rings. The SMILES string of the molecule is CC(C)=C(c1cccc(F)c1)C(C)(C)C(=O)O. The number of hydrogen-bond donors (Lipinski definition) is 1. The molecule has 3 heteroatoms. The molecule has 0 aliphatic carbocycles. The van der Waals surface area contributed by atoms with Crippen LogP contribution >= 0.6 is 0 Å². The summed E-state index contributed by atoms with van der Waals surface area (Å²) in [6.07, 6.45) is 0. The van der Waals surface area contributed by atoms with Gasteiger partial charge in [-0.25, -0.2) is 4.39 Å². The molecule has 1 rings (SSSR count). The van der Waals surface area contributed by atoms with Crippen molar-refractivity contribution in [3.05, 3.63) is 41.2 Å². The van der Waals surface area contributed by atoms with Crippen LogP contribution in [0, 0.1) is 11.2 Å². The minimum Gasteiger partial charge on any atom is -0.481 e. The number of halogens is 1. The van der Waals surface area contributed by atoms with Gasteiger partial charge < -0.3 is 5.11 Å². The third kappa shape index (κ3) is 2.73. The van der Waals surface area contributed by atoms with Crippen LogP contribution in [0.1, 0.15) is 33.3 Å². The topological polar surface area (TPSA) is 37.3 Å². The van der Waals surface area contributed by atoms with Crippen LogP contribution in [0.4, 0.5) is 4.39 Å². The van der Waals surface area contributed by atoms with Gasteiger partial charge in [-0.05, 0) is 51.0 Å². The summed E-state index contributed by atoms with van der Waals surface area (Å²) in [5, 5.41) is 9.26. The minimum atomic E-state index is -1.04. The second kappa shape index (κ2) is 4.70. The zero-order chi connectivity index (χ0) is 13.2. The van der Waals surface area contributed by atoms with Crippen LogP contribution in [0.5, 0.6) is 0 Å². The molecule has 1 N–H and O–H groups in total. The summed E-state index contributed by atoms with van der Waals surface area (Å²) in [5.41, 5.74) is 1.12. The summed E-state index contributed by atoms with van der Waals surface area (Å²) in [4.78, 5) is 11.3. The van der Waals surface area contributed by atoms with Crippen molar-refractivity contribution in [1.82, 2.24) is 0 Å². The van der Waals surface area contributed by atoms with Gasteiger partial charge in [0.2, 0.25) is 0 Å². The van der Waals surface area contributed by atoms with E-state index < -0.39 is 11.4 Å². The van der Waals surface area contributed by atoms with Gasteiger partial charge >= 0.3 is 5.97 Å². The van der Waals surface area contributed by atoms with Crippen LogP contribution in [-0.4, -0.2) is 11.1 Å². The molecule has 92 valence electrons. The van der Waals surface area contributed by atoms with Gasteiger partial charge in [0.15, 0.2) is 0 Å². The lowest BCUT2D eigenvalue weighted by Crippen LogP contribution is -2.26. The number of allylic oxidation sites excluding steroid dienone is 1. The van der Waals surface area contributed by atoms with E-state index in [1.807, 2.05) is 13.8 Å². The molecule has 1 aromatic rings. The van der Waals surface area contributed by atoms with Crippen LogP contribution in [0.25, 0.3) is 5.57 Å². The van der Waals surface area contributed by atoms with Crippen molar-refractivity contribution in [3.8, 4) is 0 Å². The molecule has 0 aliphatic heterocycles. The fourth-order valence-corrected chi connectivity index (χ4v) is 2.03. The van der Waals surface area contributed by atoms with Crippen molar-refractivity contribution in [2.45, 2.75) is 27.7 Å². The number of carboxylic acid groups (broad SMARTS) is 1. The Bertz CT molecular complexity index is 469. The molecule has 0 saturated carbocycles. The molecule has 0 spiro atoms. The standard InChI is InChI=1S/C14H17FO2/c1-9(2)12(14(3,4)13(16)17)10-6-5-7-11(15)8-10/h5-8H,1-4H3,(H,16,17). The molecule has 0 fully saturated rings. The summed E-state index contributed by atoms with van der Waals surface area (Å²) in [7, 11) is 0. The van der Waals surface area contributed by atoms with E-state index in [0.29, 0.717) is 11.1 Å². The highest BCUT2D eigenvalue weighted by molar-refractivity contribution is 5.92. The highest BCUT2D eigenvalue weighted by atomic mass is 19.1. The molecule has 0 heterocycles. The highest BCUT2D eigenvalue weighted by Gasteiger charge is 2.33. The van der Waals surface area contributed by atoms with Crippen LogP contribution in [-0.2, 0) is 4.79 Å². The molecule has 17 heavy (non-hydrogen) atoms. The van der Waals surface area contributed by atoms with Gasteiger partial charge in [0, 0.05) is 0 Å². The van der Waals surface area contributed by atoms with Gasteiger partial charge in [0.1, 0.15) is 5.82 Å². The summed E-state index contributed by atoms with van der Waals surface area (Å²) >= 11 is 0. The zero-order valence-electron chi connectivity index (χ0n) is 10.5. The van der Waals surface area contributed by atoms with E-state index in [9.17, 15) is 14.3 Å². The summed E-state index contributed by atoms with van der Waals surface area (Å²) in [6, 6.07) is 6.04. The second-order valence-corrected chi connectivity index (χ2v) is 4.82. The normalized spacial score (nSPS) is 11.1. The monoisotopic (exact) mass is 236 g/mol. The number of carbonyl (C=O) groups is 1. The van der Waals surface area contributed by atoms with Crippen molar-refractivity contribution in [2.24, 2.45) is 5.41 Å². The maximum atomic E-state index is 13.2. The Balaban J connectivity index is 3.41. The Morgan fingerprint density at radius 3 is 2.29 bits per heavy atom. The maximum absolute atomic E-state index is 13.2. The van der Waals surface area contributed by atoms with Gasteiger partial charge in [-0.2, -0.15) is 0 Å². The molecule has 0 unspecified atom stereocenters. The summed E-state index contributed by atoms with van der Waals surface area (Å²) in [6.45, 7) is 6.93. The van der Waals surface area contributed by atoms with Crippen molar-refractivity contribution >= 4 is 11.5 Å². The average Bonchev–Trinajstić information content (AvgIpc) is 2.16. The molecular formula is C14H17FO2. The van der Waals surface area contributed by atoms with E-state index >= 15 is 0 Å². The van der Waals surface area contributed by atoms with Crippen LogP contribution in [0.15, 0.2) is 29.8 Å². The summed E-state index contributed by atoms with van der Waals surface area (Å²) < 4.78 is 13.2. The molecule has 0 saturated heterocycles. The van der Waals surface area contributed by atoms with E-state index in [0.717, 1.165) is 5.57 Å². The molecular weight excluding hydrogens is 219 g/mol. The maximum Gasteiger partial charge on any atom is 0.313 e. The smallest absolute Gasteiger partial charge is 0.313 e. The van der Waals surface area contributed by atoms with E-state index in [-0.39, 0.29) is 5.82 Å². The van der Waals surface area contributed by atoms with Gasteiger partial charge in [-0.15, -0.1) is 0 Å². The quantitative estimate of drug-likeness (QED) is 0.868. The Hall–Kier alpha value is -1.64. The fourth-order valence-electron chi connectivity index (χ4n) is 2.03. The highest BCUT2D eigenvalue weighted by Crippen LogP contribution is 2.37. The number of benzene rings is 1. The molecule has 0 amide bonds. The molecule has 0 radical (unpaired) electrons. The van der Waals surface area contributed by atoms with Crippen molar-refractivity contribution in [1.29, 1.82) is 0 Å². The second-order valence-electron chi connectivity index (χ2n) is 4.82. The van der Waals surface area contributed by atoms with E-state index in [1.54, 1.807) is 26.0 Å². The molecule has 0 aromatic heterocycles. The molecule has 0 atom stereocenters.